The number of fused-ring (bicyclic) bond motifs is 1. The van der Waals surface area contributed by atoms with Crippen LogP contribution in [0.25, 0.3) is 0 Å². The van der Waals surface area contributed by atoms with Crippen molar-refractivity contribution in [3.8, 4) is 0 Å². The number of nitrogens with two attached hydrogens (primary N) is 1. The van der Waals surface area contributed by atoms with Gasteiger partial charge in [-0.1, -0.05) is 11.6 Å². The van der Waals surface area contributed by atoms with Gasteiger partial charge in [-0.3, -0.25) is 0 Å². The van der Waals surface area contributed by atoms with Gasteiger partial charge < -0.3 is 25.6 Å². The summed E-state index contributed by atoms with van der Waals surface area (Å²) in [7, 11) is 0. The Morgan fingerprint density at radius 3 is 2.55 bits per heavy atom. The number of benzene rings is 1. The molecular weight excluding hydrogens is 437 g/mol. The molecule has 2 aromatic rings. The molecule has 2 aliphatic heterocycles. The second-order valence-electron chi connectivity index (χ2n) is 7.35. The van der Waals surface area contributed by atoms with Crippen molar-refractivity contribution in [3.05, 3.63) is 45.6 Å². The molecule has 31 heavy (non-hydrogen) atoms. The van der Waals surface area contributed by atoms with E-state index in [0.717, 1.165) is 12.1 Å². The summed E-state index contributed by atoms with van der Waals surface area (Å²) in [6.07, 6.45) is -4.49. The lowest BCUT2D eigenvalue weighted by Crippen LogP contribution is -2.46. The Morgan fingerprint density at radius 1 is 1.13 bits per heavy atom. The number of morpholine rings is 1. The van der Waals surface area contributed by atoms with Crippen LogP contribution in [0.15, 0.2) is 18.2 Å². The molecule has 0 atom stereocenters. The minimum atomic E-state index is -4.49. The van der Waals surface area contributed by atoms with E-state index in [1.165, 1.54) is 6.07 Å². The largest absolute Gasteiger partial charge is 0.416 e. The number of halogens is 4. The van der Waals surface area contributed by atoms with Crippen LogP contribution in [0.1, 0.15) is 22.3 Å². The molecule has 0 unspecified atom stereocenters. The molecule has 12 heteroatoms. The maximum Gasteiger partial charge on any atom is 0.416 e. The summed E-state index contributed by atoms with van der Waals surface area (Å²) < 4.78 is 44.4. The van der Waals surface area contributed by atoms with Gasteiger partial charge in [0.15, 0.2) is 11.0 Å². The summed E-state index contributed by atoms with van der Waals surface area (Å²) in [5.74, 6) is 0.368. The van der Waals surface area contributed by atoms with E-state index in [4.69, 9.17) is 22.1 Å². The summed E-state index contributed by atoms with van der Waals surface area (Å²) >= 11 is 6.19. The molecule has 1 aromatic heterocycles. The van der Waals surface area contributed by atoms with Gasteiger partial charge in [0.1, 0.15) is 0 Å². The van der Waals surface area contributed by atoms with E-state index < -0.39 is 11.7 Å². The van der Waals surface area contributed by atoms with Crippen LogP contribution >= 0.6 is 11.6 Å². The number of carbonyl (C=O) groups excluding carboxylic acids is 1. The SMILES string of the molecule is Nc1cc(CNc2nnc(Cl)c3c2CN(C(=O)N2CCOCC2)C3)cc(C(F)(F)F)c1. The summed E-state index contributed by atoms with van der Waals surface area (Å²) in [6, 6.07) is 3.24. The first-order valence-corrected chi connectivity index (χ1v) is 9.96. The third kappa shape index (κ3) is 4.62. The van der Waals surface area contributed by atoms with Crippen molar-refractivity contribution in [1.82, 2.24) is 20.0 Å². The highest BCUT2D eigenvalue weighted by Crippen LogP contribution is 2.34. The molecule has 0 spiro atoms. The van der Waals surface area contributed by atoms with Gasteiger partial charge in [-0.15, -0.1) is 10.2 Å². The highest BCUT2D eigenvalue weighted by molar-refractivity contribution is 6.30. The van der Waals surface area contributed by atoms with Crippen molar-refractivity contribution in [2.75, 3.05) is 37.4 Å². The summed E-state index contributed by atoms with van der Waals surface area (Å²) in [4.78, 5) is 16.2. The number of anilines is 2. The van der Waals surface area contributed by atoms with Crippen molar-refractivity contribution in [2.24, 2.45) is 0 Å². The topological polar surface area (TPSA) is 96.6 Å². The number of hydrogen-bond donors (Lipinski definition) is 2. The zero-order valence-corrected chi connectivity index (χ0v) is 17.1. The molecule has 1 aromatic carbocycles. The van der Waals surface area contributed by atoms with Gasteiger partial charge in [-0.25, -0.2) is 4.79 Å². The molecule has 0 saturated carbocycles. The lowest BCUT2D eigenvalue weighted by Gasteiger charge is -2.30. The Morgan fingerprint density at radius 2 is 1.84 bits per heavy atom. The van der Waals surface area contributed by atoms with Crippen LogP contribution in [-0.4, -0.2) is 52.3 Å². The minimum Gasteiger partial charge on any atom is -0.399 e. The van der Waals surface area contributed by atoms with Crippen LogP contribution in [0, 0.1) is 0 Å². The third-order valence-corrected chi connectivity index (χ3v) is 5.49. The molecule has 2 aliphatic rings. The maximum atomic E-state index is 13.0. The Labute approximate surface area is 181 Å². The smallest absolute Gasteiger partial charge is 0.399 e. The number of nitrogens with zero attached hydrogens (tertiary/aromatic N) is 4. The van der Waals surface area contributed by atoms with Gasteiger partial charge in [0.2, 0.25) is 0 Å². The van der Waals surface area contributed by atoms with Crippen molar-refractivity contribution in [2.45, 2.75) is 25.8 Å². The number of rotatable bonds is 3. The monoisotopic (exact) mass is 456 g/mol. The lowest BCUT2D eigenvalue weighted by atomic mass is 10.1. The van der Waals surface area contributed by atoms with Crippen molar-refractivity contribution < 1.29 is 22.7 Å². The average Bonchev–Trinajstić information content (AvgIpc) is 3.19. The van der Waals surface area contributed by atoms with Gasteiger partial charge in [0.05, 0.1) is 31.9 Å². The average molecular weight is 457 g/mol. The summed E-state index contributed by atoms with van der Waals surface area (Å²) in [6.45, 7) is 2.61. The molecule has 3 heterocycles. The second kappa shape index (κ2) is 8.39. The molecule has 1 fully saturated rings. The first-order valence-electron chi connectivity index (χ1n) is 9.58. The highest BCUT2D eigenvalue weighted by Gasteiger charge is 2.33. The number of nitrogens with one attached hydrogen (secondary N) is 1. The molecule has 0 radical (unpaired) electrons. The van der Waals surface area contributed by atoms with Crippen molar-refractivity contribution in [3.63, 3.8) is 0 Å². The van der Waals surface area contributed by atoms with E-state index in [-0.39, 0.29) is 36.5 Å². The Balaban J connectivity index is 1.51. The van der Waals surface area contributed by atoms with Gasteiger partial charge in [0, 0.05) is 36.4 Å². The fraction of sp³-hybridized carbons (Fsp3) is 0.421. The Bertz CT molecular complexity index is 997. The fourth-order valence-corrected chi connectivity index (χ4v) is 3.86. The molecule has 2 amide bonds. The fourth-order valence-electron chi connectivity index (χ4n) is 3.65. The van der Waals surface area contributed by atoms with E-state index >= 15 is 0 Å². The summed E-state index contributed by atoms with van der Waals surface area (Å²) in [5, 5.41) is 11.2. The first-order chi connectivity index (χ1) is 14.7. The van der Waals surface area contributed by atoms with E-state index in [0.29, 0.717) is 48.8 Å². The van der Waals surface area contributed by atoms with Crippen molar-refractivity contribution >= 4 is 29.1 Å². The van der Waals surface area contributed by atoms with E-state index in [1.807, 2.05) is 0 Å². The van der Waals surface area contributed by atoms with Crippen LogP contribution in [0.3, 0.4) is 0 Å². The number of carbonyl (C=O) groups is 1. The predicted octanol–water partition coefficient (Wildman–Crippen LogP) is 3.11. The van der Waals surface area contributed by atoms with Crippen molar-refractivity contribution in [1.29, 1.82) is 0 Å². The number of nitrogen functional groups attached to an aromatic ring is 1. The quantitative estimate of drug-likeness (QED) is 0.689. The molecule has 0 bridgehead atoms. The van der Waals surface area contributed by atoms with Crippen LogP contribution in [0.4, 0.5) is 29.5 Å². The van der Waals surface area contributed by atoms with Gasteiger partial charge in [-0.05, 0) is 23.8 Å². The van der Waals surface area contributed by atoms with Crippen LogP contribution in [-0.2, 0) is 30.5 Å². The van der Waals surface area contributed by atoms with Crippen LogP contribution in [0.2, 0.25) is 5.15 Å². The molecule has 1 saturated heterocycles. The van der Waals surface area contributed by atoms with Crippen LogP contribution in [0.5, 0.6) is 0 Å². The molecule has 3 N–H and O–H groups in total. The molecular formula is C19H20ClF3N6O2. The molecule has 4 rings (SSSR count). The molecule has 8 nitrogen and oxygen atoms in total. The lowest BCUT2D eigenvalue weighted by molar-refractivity contribution is -0.137. The molecule has 0 aliphatic carbocycles. The number of amides is 2. The third-order valence-electron chi connectivity index (χ3n) is 5.19. The van der Waals surface area contributed by atoms with E-state index in [2.05, 4.69) is 15.5 Å². The standard InChI is InChI=1S/C19H20ClF3N6O2/c20-16-14-9-29(18(30)28-1-3-31-4-2-28)10-15(14)17(27-26-16)25-8-11-5-12(19(21,22)23)7-13(24)6-11/h5-7H,1-4,8-10,24H2,(H,25,27). The summed E-state index contributed by atoms with van der Waals surface area (Å²) in [5.41, 5.74) is 6.53. The van der Waals surface area contributed by atoms with Gasteiger partial charge >= 0.3 is 12.2 Å². The number of ether oxygens (including phenoxy) is 1. The molecule has 166 valence electrons. The van der Waals surface area contributed by atoms with E-state index in [9.17, 15) is 18.0 Å². The van der Waals surface area contributed by atoms with Gasteiger partial charge in [0.25, 0.3) is 0 Å². The van der Waals surface area contributed by atoms with E-state index in [1.54, 1.807) is 9.80 Å². The first kappa shape index (κ1) is 21.4. The highest BCUT2D eigenvalue weighted by atomic mass is 35.5. The number of urea groups is 1. The predicted molar refractivity (Wildman–Crippen MR) is 107 cm³/mol. The number of hydrogen-bond acceptors (Lipinski definition) is 6. The Kier molecular flexibility index (Phi) is 5.80. The number of alkyl halides is 3. The van der Waals surface area contributed by atoms with Crippen LogP contribution < -0.4 is 11.1 Å². The zero-order chi connectivity index (χ0) is 22.2. The Hall–Kier alpha value is -2.79. The maximum absolute atomic E-state index is 13.0. The number of aromatic nitrogens is 2. The van der Waals surface area contributed by atoms with Gasteiger partial charge in [-0.2, -0.15) is 13.2 Å². The normalized spacial score (nSPS) is 16.4. The zero-order valence-electron chi connectivity index (χ0n) is 16.4. The minimum absolute atomic E-state index is 0.0151. The second-order valence-corrected chi connectivity index (χ2v) is 7.71.